The van der Waals surface area contributed by atoms with Gasteiger partial charge in [-0.2, -0.15) is 0 Å². The minimum absolute atomic E-state index is 0.0654. The summed E-state index contributed by atoms with van der Waals surface area (Å²) < 4.78 is 10.1. The van der Waals surface area contributed by atoms with Crippen LogP contribution in [0.1, 0.15) is 20.3 Å². The van der Waals surface area contributed by atoms with E-state index in [1.165, 1.54) is 6.42 Å². The highest BCUT2D eigenvalue weighted by atomic mass is 16.6. The first-order valence-corrected chi connectivity index (χ1v) is 6.79. The van der Waals surface area contributed by atoms with Crippen LogP contribution in [0.25, 0.3) is 0 Å². The maximum absolute atomic E-state index is 11.1. The predicted molar refractivity (Wildman–Crippen MR) is 70.6 cm³/mol. The largest absolute Gasteiger partial charge is 0.464 e. The van der Waals surface area contributed by atoms with E-state index in [4.69, 9.17) is 9.47 Å². The zero-order chi connectivity index (χ0) is 13.4. The summed E-state index contributed by atoms with van der Waals surface area (Å²) >= 11 is 0. The summed E-state index contributed by atoms with van der Waals surface area (Å²) in [4.78, 5) is 15.9. The summed E-state index contributed by atoms with van der Waals surface area (Å²) in [6.45, 7) is 9.35. The Morgan fingerprint density at radius 2 is 2.17 bits per heavy atom. The normalized spacial score (nSPS) is 22.7. The van der Waals surface area contributed by atoms with Gasteiger partial charge in [0.25, 0.3) is 0 Å². The summed E-state index contributed by atoms with van der Waals surface area (Å²) in [6.07, 6.45) is 1.19. The second-order valence-corrected chi connectivity index (χ2v) is 4.86. The topological polar surface area (TPSA) is 42.0 Å². The molecular formula is C13H26N2O3. The van der Waals surface area contributed by atoms with Gasteiger partial charge in [-0.25, -0.2) is 4.79 Å². The smallest absolute Gasteiger partial charge is 0.332 e. The molecule has 5 heteroatoms. The fourth-order valence-corrected chi connectivity index (χ4v) is 2.29. The van der Waals surface area contributed by atoms with Gasteiger partial charge in [-0.1, -0.05) is 0 Å². The lowest BCUT2D eigenvalue weighted by Gasteiger charge is -2.27. The highest BCUT2D eigenvalue weighted by Gasteiger charge is 2.18. The Kier molecular flexibility index (Phi) is 7.23. The van der Waals surface area contributed by atoms with Crippen LogP contribution in [-0.4, -0.2) is 74.9 Å². The van der Waals surface area contributed by atoms with Crippen LogP contribution in [0.2, 0.25) is 0 Å². The molecule has 1 aliphatic heterocycles. The van der Waals surface area contributed by atoms with Gasteiger partial charge in [0, 0.05) is 19.1 Å². The van der Waals surface area contributed by atoms with Crippen LogP contribution in [0.5, 0.6) is 0 Å². The zero-order valence-electron chi connectivity index (χ0n) is 11.9. The molecule has 0 aromatic heterocycles. The molecule has 1 heterocycles. The lowest BCUT2D eigenvalue weighted by Crippen LogP contribution is -2.39. The number of rotatable bonds is 6. The Balaban J connectivity index is 2.16. The van der Waals surface area contributed by atoms with E-state index in [2.05, 4.69) is 23.8 Å². The molecule has 0 aromatic rings. The number of ether oxygens (including phenoxy) is 2. The fraction of sp³-hybridized carbons (Fsp3) is 0.923. The number of carbonyl (C=O) groups excluding carboxylic acids is 1. The van der Waals surface area contributed by atoms with Crippen molar-refractivity contribution in [3.05, 3.63) is 0 Å². The first kappa shape index (κ1) is 15.4. The van der Waals surface area contributed by atoms with Crippen molar-refractivity contribution in [2.45, 2.75) is 26.3 Å². The monoisotopic (exact) mass is 258 g/mol. The third kappa shape index (κ3) is 5.80. The second kappa shape index (κ2) is 8.45. The van der Waals surface area contributed by atoms with Crippen molar-refractivity contribution in [3.8, 4) is 0 Å². The summed E-state index contributed by atoms with van der Waals surface area (Å²) in [5, 5.41) is 0. The van der Waals surface area contributed by atoms with Crippen molar-refractivity contribution in [1.29, 1.82) is 0 Å². The molecule has 1 fully saturated rings. The molecule has 0 amide bonds. The van der Waals surface area contributed by atoms with Crippen molar-refractivity contribution in [3.63, 3.8) is 0 Å². The molecule has 0 spiro atoms. The lowest BCUT2D eigenvalue weighted by atomic mass is 10.3. The summed E-state index contributed by atoms with van der Waals surface area (Å²) in [6, 6.07) is 0.545. The van der Waals surface area contributed by atoms with Gasteiger partial charge in [0.05, 0.1) is 13.2 Å². The van der Waals surface area contributed by atoms with Gasteiger partial charge in [0.2, 0.25) is 0 Å². The van der Waals surface area contributed by atoms with Crippen LogP contribution in [0.15, 0.2) is 0 Å². The molecule has 0 aliphatic carbocycles. The molecule has 0 bridgehead atoms. The molecule has 1 atom stereocenters. The van der Waals surface area contributed by atoms with Gasteiger partial charge in [-0.3, -0.25) is 4.90 Å². The van der Waals surface area contributed by atoms with E-state index in [1.54, 1.807) is 6.92 Å². The van der Waals surface area contributed by atoms with Crippen LogP contribution in [0.3, 0.4) is 0 Å². The minimum Gasteiger partial charge on any atom is -0.464 e. The molecule has 0 radical (unpaired) electrons. The standard InChI is InChI=1S/C13H26N2O3/c1-4-18-13(16)11-17-9-8-15-7-5-6-14(3)10-12(15)2/h12H,4-11H2,1-3H3. The summed E-state index contributed by atoms with van der Waals surface area (Å²) in [7, 11) is 2.16. The lowest BCUT2D eigenvalue weighted by molar-refractivity contribution is -0.148. The number of hydrogen-bond donors (Lipinski definition) is 0. The molecule has 1 aliphatic rings. The molecule has 1 unspecified atom stereocenters. The zero-order valence-corrected chi connectivity index (χ0v) is 11.9. The third-order valence-corrected chi connectivity index (χ3v) is 3.23. The van der Waals surface area contributed by atoms with E-state index in [-0.39, 0.29) is 12.6 Å². The number of hydrogen-bond acceptors (Lipinski definition) is 5. The Morgan fingerprint density at radius 1 is 1.39 bits per heavy atom. The molecule has 18 heavy (non-hydrogen) atoms. The average Bonchev–Trinajstić information content (AvgIpc) is 2.46. The van der Waals surface area contributed by atoms with Crippen molar-refractivity contribution < 1.29 is 14.3 Å². The minimum atomic E-state index is -0.277. The van der Waals surface area contributed by atoms with Crippen molar-refractivity contribution >= 4 is 5.97 Å². The van der Waals surface area contributed by atoms with Crippen LogP contribution < -0.4 is 0 Å². The number of esters is 1. The molecule has 5 nitrogen and oxygen atoms in total. The molecule has 0 aromatic carbocycles. The number of likely N-dealkylation sites (N-methyl/N-ethyl adjacent to an activating group) is 1. The van der Waals surface area contributed by atoms with Gasteiger partial charge in [-0.05, 0) is 40.4 Å². The molecule has 1 saturated heterocycles. The van der Waals surface area contributed by atoms with E-state index in [0.717, 1.165) is 26.2 Å². The maximum Gasteiger partial charge on any atom is 0.332 e. The molecule has 0 saturated carbocycles. The van der Waals surface area contributed by atoms with Gasteiger partial charge >= 0.3 is 5.97 Å². The van der Waals surface area contributed by atoms with E-state index < -0.39 is 0 Å². The van der Waals surface area contributed by atoms with Crippen LogP contribution in [-0.2, 0) is 14.3 Å². The van der Waals surface area contributed by atoms with Gasteiger partial charge < -0.3 is 14.4 Å². The predicted octanol–water partition coefficient (Wildman–Crippen LogP) is 0.592. The Bertz CT molecular complexity index is 248. The third-order valence-electron chi connectivity index (χ3n) is 3.23. The van der Waals surface area contributed by atoms with E-state index >= 15 is 0 Å². The van der Waals surface area contributed by atoms with Crippen molar-refractivity contribution in [1.82, 2.24) is 9.80 Å². The average molecular weight is 258 g/mol. The number of nitrogens with zero attached hydrogens (tertiary/aromatic N) is 2. The molecular weight excluding hydrogens is 232 g/mol. The summed E-state index contributed by atoms with van der Waals surface area (Å²) in [5.74, 6) is -0.277. The highest BCUT2D eigenvalue weighted by molar-refractivity contribution is 5.70. The van der Waals surface area contributed by atoms with Gasteiger partial charge in [-0.15, -0.1) is 0 Å². The maximum atomic E-state index is 11.1. The Morgan fingerprint density at radius 3 is 2.89 bits per heavy atom. The van der Waals surface area contributed by atoms with E-state index in [9.17, 15) is 4.79 Å². The van der Waals surface area contributed by atoms with Crippen molar-refractivity contribution in [2.75, 3.05) is 53.0 Å². The van der Waals surface area contributed by atoms with Crippen molar-refractivity contribution in [2.24, 2.45) is 0 Å². The molecule has 0 N–H and O–H groups in total. The highest BCUT2D eigenvalue weighted by Crippen LogP contribution is 2.07. The van der Waals surface area contributed by atoms with Gasteiger partial charge in [0.15, 0.2) is 0 Å². The second-order valence-electron chi connectivity index (χ2n) is 4.86. The van der Waals surface area contributed by atoms with E-state index in [1.807, 2.05) is 0 Å². The van der Waals surface area contributed by atoms with Crippen LogP contribution >= 0.6 is 0 Å². The quantitative estimate of drug-likeness (QED) is 0.515. The summed E-state index contributed by atoms with van der Waals surface area (Å²) in [5.41, 5.74) is 0. The Hall–Kier alpha value is -0.650. The first-order chi connectivity index (χ1) is 8.63. The first-order valence-electron chi connectivity index (χ1n) is 6.79. The van der Waals surface area contributed by atoms with Crippen LogP contribution in [0, 0.1) is 0 Å². The van der Waals surface area contributed by atoms with Crippen LogP contribution in [0.4, 0.5) is 0 Å². The molecule has 106 valence electrons. The molecule has 1 rings (SSSR count). The Labute approximate surface area is 110 Å². The van der Waals surface area contributed by atoms with Gasteiger partial charge in [0.1, 0.15) is 6.61 Å². The fourth-order valence-electron chi connectivity index (χ4n) is 2.29. The van der Waals surface area contributed by atoms with E-state index in [0.29, 0.717) is 19.3 Å². The SMILES string of the molecule is CCOC(=O)COCCN1CCCN(C)CC1C. The number of carbonyl (C=O) groups is 1.